The van der Waals surface area contributed by atoms with Gasteiger partial charge in [0.1, 0.15) is 18.2 Å². The van der Waals surface area contributed by atoms with Crippen molar-refractivity contribution in [2.45, 2.75) is 13.0 Å². The number of amides is 1. The summed E-state index contributed by atoms with van der Waals surface area (Å²) in [7, 11) is 3.24. The van der Waals surface area contributed by atoms with E-state index >= 15 is 0 Å². The fourth-order valence-corrected chi connectivity index (χ4v) is 2.16. The Kier molecular flexibility index (Phi) is 6.23. The minimum Gasteiger partial charge on any atom is -0.554 e. The summed E-state index contributed by atoms with van der Waals surface area (Å²) >= 11 is 0. The highest BCUT2D eigenvalue weighted by Gasteiger charge is 2.33. The average molecular weight is 335 g/mol. The minimum atomic E-state index is -0.533. The SMILES string of the molecule is C=C=C(C)OCC1CN(c2ccc(NCCO[CH2-])c(F)c2)C(=O)O1. The Balaban J connectivity index is 1.99. The van der Waals surface area contributed by atoms with Gasteiger partial charge in [-0.05, 0) is 18.2 Å². The predicted octanol–water partition coefficient (Wildman–Crippen LogP) is 3.08. The van der Waals surface area contributed by atoms with Crippen molar-refractivity contribution in [2.75, 3.05) is 36.5 Å². The lowest BCUT2D eigenvalue weighted by atomic mass is 10.2. The van der Waals surface area contributed by atoms with Crippen molar-refractivity contribution in [3.63, 3.8) is 0 Å². The first-order valence-corrected chi connectivity index (χ1v) is 7.43. The Morgan fingerprint density at radius 2 is 2.42 bits per heavy atom. The lowest BCUT2D eigenvalue weighted by Gasteiger charge is -2.15. The molecule has 0 radical (unpaired) electrons. The zero-order valence-corrected chi connectivity index (χ0v) is 13.5. The molecule has 1 unspecified atom stereocenters. The van der Waals surface area contributed by atoms with Gasteiger partial charge in [0.05, 0.1) is 17.9 Å². The van der Waals surface area contributed by atoms with Crippen molar-refractivity contribution in [1.29, 1.82) is 0 Å². The van der Waals surface area contributed by atoms with Gasteiger partial charge in [0, 0.05) is 20.1 Å². The van der Waals surface area contributed by atoms with Crippen LogP contribution in [0.1, 0.15) is 6.92 Å². The summed E-state index contributed by atoms with van der Waals surface area (Å²) in [6.45, 7) is 6.45. The second-order valence-electron chi connectivity index (χ2n) is 5.16. The number of cyclic esters (lactones) is 1. The highest BCUT2D eigenvalue weighted by Crippen LogP contribution is 2.26. The van der Waals surface area contributed by atoms with Crippen LogP contribution in [0.2, 0.25) is 0 Å². The maximum absolute atomic E-state index is 14.1. The molecular formula is C17H20FN2O4-. The minimum absolute atomic E-state index is 0.198. The third kappa shape index (κ3) is 4.50. The van der Waals surface area contributed by atoms with Crippen LogP contribution < -0.4 is 10.2 Å². The number of ether oxygens (including phenoxy) is 3. The second-order valence-corrected chi connectivity index (χ2v) is 5.16. The monoisotopic (exact) mass is 335 g/mol. The number of halogens is 1. The van der Waals surface area contributed by atoms with Gasteiger partial charge in [0.15, 0.2) is 6.10 Å². The number of hydrogen-bond acceptors (Lipinski definition) is 5. The standard InChI is InChI=1S/C17H20FN2O4/c1-4-12(2)23-11-14-10-20(17(21)24-14)13-5-6-16(15(18)9-13)19-7-8-22-3/h5-6,9,14,19H,1,3,7-8,10-11H2,2H3/q-1. The molecule has 0 aliphatic carbocycles. The van der Waals surface area contributed by atoms with Gasteiger partial charge in [0.2, 0.25) is 0 Å². The van der Waals surface area contributed by atoms with Crippen LogP contribution in [-0.4, -0.2) is 38.5 Å². The van der Waals surface area contributed by atoms with Gasteiger partial charge < -0.3 is 19.5 Å². The fraction of sp³-hybridized carbons (Fsp3) is 0.353. The number of anilines is 2. The van der Waals surface area contributed by atoms with E-state index in [0.717, 1.165) is 0 Å². The van der Waals surface area contributed by atoms with Gasteiger partial charge in [-0.15, -0.1) is 0 Å². The van der Waals surface area contributed by atoms with Crippen molar-refractivity contribution in [2.24, 2.45) is 0 Å². The molecule has 1 aromatic carbocycles. The number of carbonyl (C=O) groups is 1. The Morgan fingerprint density at radius 3 is 3.08 bits per heavy atom. The van der Waals surface area contributed by atoms with E-state index in [0.29, 0.717) is 30.3 Å². The third-order valence-corrected chi connectivity index (χ3v) is 3.43. The molecule has 24 heavy (non-hydrogen) atoms. The molecule has 1 aromatic rings. The Morgan fingerprint density at radius 1 is 1.62 bits per heavy atom. The van der Waals surface area contributed by atoms with E-state index in [4.69, 9.17) is 9.47 Å². The van der Waals surface area contributed by atoms with Crippen molar-refractivity contribution >= 4 is 17.5 Å². The largest absolute Gasteiger partial charge is 0.554 e. The quantitative estimate of drug-likeness (QED) is 0.342. The highest BCUT2D eigenvalue weighted by atomic mass is 19.1. The Bertz CT molecular complexity index is 643. The van der Waals surface area contributed by atoms with Crippen LogP contribution in [0.5, 0.6) is 0 Å². The zero-order valence-electron chi connectivity index (χ0n) is 13.5. The van der Waals surface area contributed by atoms with Crippen molar-refractivity contribution in [3.8, 4) is 0 Å². The van der Waals surface area contributed by atoms with Crippen LogP contribution in [0.4, 0.5) is 20.6 Å². The number of benzene rings is 1. The van der Waals surface area contributed by atoms with Crippen molar-refractivity contribution in [3.05, 3.63) is 49.2 Å². The number of nitrogens with one attached hydrogen (secondary N) is 1. The zero-order chi connectivity index (χ0) is 17.5. The maximum Gasteiger partial charge on any atom is 0.414 e. The van der Waals surface area contributed by atoms with Crippen LogP contribution in [0.3, 0.4) is 0 Å². The number of carbonyl (C=O) groups excluding carboxylic acids is 1. The molecule has 1 N–H and O–H groups in total. The molecule has 1 aliphatic rings. The number of rotatable bonds is 8. The van der Waals surface area contributed by atoms with E-state index in [1.807, 2.05) is 0 Å². The van der Waals surface area contributed by atoms with Crippen LogP contribution >= 0.6 is 0 Å². The smallest absolute Gasteiger partial charge is 0.414 e. The molecule has 0 saturated carbocycles. The molecule has 1 atom stereocenters. The molecule has 1 fully saturated rings. The first-order chi connectivity index (χ1) is 11.5. The Labute approximate surface area is 140 Å². The van der Waals surface area contributed by atoms with E-state index in [2.05, 4.69) is 29.5 Å². The molecule has 1 amide bonds. The molecule has 1 aliphatic heterocycles. The van der Waals surface area contributed by atoms with Gasteiger partial charge in [0.25, 0.3) is 0 Å². The van der Waals surface area contributed by atoms with Gasteiger partial charge >= 0.3 is 6.09 Å². The van der Waals surface area contributed by atoms with E-state index in [1.165, 1.54) is 11.0 Å². The van der Waals surface area contributed by atoms with Gasteiger partial charge in [-0.1, -0.05) is 12.3 Å². The molecule has 6 nitrogen and oxygen atoms in total. The number of allylic oxidation sites excluding steroid dienone is 1. The molecule has 1 heterocycles. The topological polar surface area (TPSA) is 60.0 Å². The lowest BCUT2D eigenvalue weighted by molar-refractivity contribution is 0.0782. The number of hydrogen-bond donors (Lipinski definition) is 1. The summed E-state index contributed by atoms with van der Waals surface area (Å²) < 4.78 is 29.3. The molecule has 0 bridgehead atoms. The van der Waals surface area contributed by atoms with Crippen molar-refractivity contribution in [1.82, 2.24) is 0 Å². The van der Waals surface area contributed by atoms with E-state index in [9.17, 15) is 9.18 Å². The molecule has 7 heteroatoms. The highest BCUT2D eigenvalue weighted by molar-refractivity contribution is 5.90. The van der Waals surface area contributed by atoms with Crippen LogP contribution in [-0.2, 0) is 14.2 Å². The van der Waals surface area contributed by atoms with E-state index in [-0.39, 0.29) is 13.2 Å². The third-order valence-electron chi connectivity index (χ3n) is 3.43. The maximum atomic E-state index is 14.1. The molecule has 2 rings (SSSR count). The van der Waals surface area contributed by atoms with E-state index in [1.54, 1.807) is 19.1 Å². The molecule has 130 valence electrons. The molecule has 0 aromatic heterocycles. The van der Waals surface area contributed by atoms with Crippen LogP contribution in [0.15, 0.2) is 36.3 Å². The second kappa shape index (κ2) is 8.38. The summed E-state index contributed by atoms with van der Waals surface area (Å²) in [5, 5.41) is 2.88. The summed E-state index contributed by atoms with van der Waals surface area (Å²) in [6.07, 6.45) is -0.967. The van der Waals surface area contributed by atoms with E-state index < -0.39 is 18.0 Å². The molecule has 0 spiro atoms. The number of nitrogens with zero attached hydrogens (tertiary/aromatic N) is 1. The first kappa shape index (κ1) is 17.8. The summed E-state index contributed by atoms with van der Waals surface area (Å²) in [5.41, 5.74) is 3.35. The predicted molar refractivity (Wildman–Crippen MR) is 88.1 cm³/mol. The molecular weight excluding hydrogens is 315 g/mol. The normalized spacial score (nSPS) is 16.5. The lowest BCUT2D eigenvalue weighted by Crippen LogP contribution is -2.26. The van der Waals surface area contributed by atoms with Gasteiger partial charge in [-0.3, -0.25) is 4.90 Å². The fourth-order valence-electron chi connectivity index (χ4n) is 2.16. The van der Waals surface area contributed by atoms with Crippen molar-refractivity contribution < 1.29 is 23.4 Å². The van der Waals surface area contributed by atoms with Gasteiger partial charge in [-0.2, -0.15) is 0 Å². The van der Waals surface area contributed by atoms with Crippen LogP contribution in [0, 0.1) is 12.9 Å². The van der Waals surface area contributed by atoms with Gasteiger partial charge in [-0.25, -0.2) is 16.3 Å². The Hall–Kier alpha value is -2.50. The first-order valence-electron chi connectivity index (χ1n) is 7.43. The molecule has 1 saturated heterocycles. The summed E-state index contributed by atoms with van der Waals surface area (Å²) in [5.74, 6) is 0.0618. The summed E-state index contributed by atoms with van der Waals surface area (Å²) in [4.78, 5) is 13.3. The summed E-state index contributed by atoms with van der Waals surface area (Å²) in [6, 6.07) is 4.50. The average Bonchev–Trinajstić information content (AvgIpc) is 2.95. The van der Waals surface area contributed by atoms with Crippen LogP contribution in [0.25, 0.3) is 0 Å².